The minimum Gasteiger partial charge on any atom is -0.724 e. The number of carbonyl (C=O) groups excluding carboxylic acids is 4. The molecule has 7 aromatic heterocycles. The number of fused-ring (bicyclic) bond motifs is 8. The minimum absolute atomic E-state index is 0. The van der Waals surface area contributed by atoms with Crippen LogP contribution in [0.1, 0.15) is 75.5 Å². The Balaban J connectivity index is 0.000000138. The fraction of sp³-hybridized carbons (Fsp3) is 0.380. The molecule has 8 amide bonds. The zero-order valence-electron chi connectivity index (χ0n) is 58.3. The summed E-state index contributed by atoms with van der Waals surface area (Å²) in [7, 11) is -4.99. The van der Waals surface area contributed by atoms with Gasteiger partial charge < -0.3 is 24.2 Å². The van der Waals surface area contributed by atoms with Crippen LogP contribution in [0.2, 0.25) is 0 Å². The number of amides is 8. The first kappa shape index (κ1) is 78.2. The third-order valence-corrected chi connectivity index (χ3v) is 19.6. The third kappa shape index (κ3) is 19.3. The quantitative estimate of drug-likeness (QED) is 0.0160. The van der Waals surface area contributed by atoms with Crippen molar-refractivity contribution >= 4 is 34.5 Å². The van der Waals surface area contributed by atoms with Crippen LogP contribution in [0, 0.1) is 12.3 Å². The largest absolute Gasteiger partial charge is 1.00 e. The number of nitrogens with zero attached hydrogens (tertiary/aromatic N) is 24. The number of azide groups is 1. The molecule has 8 bridgehead atoms. The molecule has 0 saturated carbocycles. The smallest absolute Gasteiger partial charge is 0.724 e. The number of aromatic nitrogens is 13. The van der Waals surface area contributed by atoms with Crippen molar-refractivity contribution in [3.63, 3.8) is 0 Å². The fourth-order valence-electron chi connectivity index (χ4n) is 13.9. The number of hydroxylamine groups is 8. The molecule has 8 aliphatic heterocycles. The first-order chi connectivity index (χ1) is 51.6. The van der Waals surface area contributed by atoms with Crippen molar-refractivity contribution in [1.29, 1.82) is 0 Å². The number of hydrogen-bond acceptors (Lipinski definition) is 22. The summed E-state index contributed by atoms with van der Waals surface area (Å²) >= 11 is 0. The number of hydrogen-bond donors (Lipinski definition) is 1. The molecule has 15 heterocycles. The molecule has 17 rings (SSSR count). The van der Waals surface area contributed by atoms with E-state index in [0.29, 0.717) is 89.2 Å². The number of rotatable bonds is 19. The summed E-state index contributed by atoms with van der Waals surface area (Å²) in [4.78, 5) is 86.9. The standard InChI is InChI=1S/C21H22N6O2.C14H16N6O5S.C14H16N6O2.C14H17N5O2.C7H5N.CH4.Na/c28-21-26-13-19(27(21)29-15-16-5-2-1-3-6-16)9-8-18(26)12-25-14-20(23-24-25)17-7-4-10-22-11-17;21-14-19-8-12(20(14)25-26(22,23)24)4-3-11(19)7-18-9-13(16-17-18)10-2-1-5-15-6-10;21-14-19-8-12(20(14)22)4-3-11(19)7-18-9-13(16-17-18)10-2-1-5-15-6-10;15-17-16-8-12-6-7-13-9-18(12)14(20)19(13)21-10-11-4-2-1-3-5-11;1-2-7-4-3-5-8-6-7;;/h1-7,10-11,14,18-19H,8-9,12-13,15H2;1-2,5-6,9,11-12H,3-4,7-8H2,(H,22,23,24);1-2,5-6,9,11-12,22H,3-4,7-8H2;1-5,12-13H,6-10H2;1,3-6H;1H4;/q;;;;;;+1/p-1/t18-,19+;2*11-,12+;12-,13+;;;/m0000.../s1. The van der Waals surface area contributed by atoms with Crippen molar-refractivity contribution in [2.45, 2.75) is 140 Å². The van der Waals surface area contributed by atoms with Crippen LogP contribution < -0.4 is 29.6 Å². The van der Waals surface area contributed by atoms with Gasteiger partial charge in [-0.3, -0.25) is 34.8 Å². The van der Waals surface area contributed by atoms with E-state index in [0.717, 1.165) is 88.4 Å². The van der Waals surface area contributed by atoms with Crippen molar-refractivity contribution in [3.8, 4) is 46.1 Å². The summed E-state index contributed by atoms with van der Waals surface area (Å²) in [5.41, 5.74) is 16.2. The van der Waals surface area contributed by atoms with Gasteiger partial charge in [-0.25, -0.2) is 46.7 Å². The van der Waals surface area contributed by atoms with E-state index < -0.39 is 22.5 Å². The summed E-state index contributed by atoms with van der Waals surface area (Å²) in [5, 5.41) is 42.9. The van der Waals surface area contributed by atoms with E-state index in [1.165, 1.54) is 9.96 Å². The van der Waals surface area contributed by atoms with Crippen molar-refractivity contribution in [2.24, 2.45) is 5.11 Å². The maximum atomic E-state index is 12.9. The number of piperidine rings is 4. The van der Waals surface area contributed by atoms with Gasteiger partial charge in [0.1, 0.15) is 30.3 Å². The van der Waals surface area contributed by atoms with E-state index in [4.69, 9.17) is 21.6 Å². The van der Waals surface area contributed by atoms with E-state index in [-0.39, 0.29) is 97.4 Å². The first-order valence-corrected chi connectivity index (χ1v) is 35.8. The minimum atomic E-state index is -4.99. The predicted octanol–water partition coefficient (Wildman–Crippen LogP) is 5.14. The van der Waals surface area contributed by atoms with Crippen LogP contribution in [0.5, 0.6) is 0 Å². The van der Waals surface area contributed by atoms with Gasteiger partial charge in [-0.1, -0.05) is 94.8 Å². The average Bonchev–Trinajstić information content (AvgIpc) is 1.64. The van der Waals surface area contributed by atoms with E-state index >= 15 is 0 Å². The van der Waals surface area contributed by atoms with Crippen molar-refractivity contribution in [3.05, 3.63) is 204 Å². The van der Waals surface area contributed by atoms with Gasteiger partial charge in [0.2, 0.25) is 10.4 Å². The Labute approximate surface area is 644 Å². The number of carbonyl (C=O) groups is 4. The second-order valence-corrected chi connectivity index (χ2v) is 27.1. The molecule has 108 heavy (non-hydrogen) atoms. The molecule has 1 N–H and O–H groups in total. The Morgan fingerprint density at radius 1 is 0.509 bits per heavy atom. The second-order valence-electron chi connectivity index (χ2n) is 26.1. The van der Waals surface area contributed by atoms with Crippen LogP contribution >= 0.6 is 0 Å². The molecule has 0 aliphatic carbocycles. The molecule has 8 saturated heterocycles. The van der Waals surface area contributed by atoms with E-state index in [9.17, 15) is 37.4 Å². The van der Waals surface area contributed by atoms with Crippen LogP contribution in [0.4, 0.5) is 19.2 Å². The summed E-state index contributed by atoms with van der Waals surface area (Å²) in [6.07, 6.45) is 30.7. The van der Waals surface area contributed by atoms with Crippen molar-refractivity contribution in [1.82, 2.24) is 105 Å². The van der Waals surface area contributed by atoms with Gasteiger partial charge >= 0.3 is 53.7 Å². The zero-order chi connectivity index (χ0) is 73.5. The number of urea groups is 4. The maximum absolute atomic E-state index is 12.9. The molecular weight excluding hydrogens is 1420 g/mol. The molecular formula is C71H79N24NaO11S. The van der Waals surface area contributed by atoms with E-state index in [1.807, 2.05) is 125 Å². The summed E-state index contributed by atoms with van der Waals surface area (Å²) < 4.78 is 41.9. The Hall–Kier alpha value is -10.8. The maximum Gasteiger partial charge on any atom is 1.00 e. The molecule has 0 unspecified atom stereocenters. The topological polar surface area (TPSA) is 392 Å². The molecule has 0 spiro atoms. The number of benzene rings is 2. The van der Waals surface area contributed by atoms with Gasteiger partial charge in [-0.2, -0.15) is 19.5 Å². The Kier molecular flexibility index (Phi) is 26.5. The van der Waals surface area contributed by atoms with Gasteiger partial charge in [0, 0.05) is 116 Å². The third-order valence-electron chi connectivity index (χ3n) is 19.3. The van der Waals surface area contributed by atoms with E-state index in [2.05, 4.69) is 71.1 Å². The van der Waals surface area contributed by atoms with Gasteiger partial charge in [0.25, 0.3) is 0 Å². The first-order valence-electron chi connectivity index (χ1n) is 34.5. The van der Waals surface area contributed by atoms with E-state index in [1.54, 1.807) is 86.1 Å². The normalized spacial score (nSPS) is 21.3. The van der Waals surface area contributed by atoms with Gasteiger partial charge in [-0.05, 0) is 117 Å². The van der Waals surface area contributed by atoms with Crippen LogP contribution in [0.15, 0.2) is 182 Å². The second kappa shape index (κ2) is 36.6. The molecule has 0 radical (unpaired) electrons. The number of terminal acetylenes is 1. The van der Waals surface area contributed by atoms with Crippen LogP contribution in [-0.4, -0.2) is 228 Å². The molecule has 35 nitrogen and oxygen atoms in total. The molecule has 556 valence electrons. The van der Waals surface area contributed by atoms with Gasteiger partial charge in [-0.15, -0.1) is 21.7 Å². The molecule has 8 aliphatic rings. The molecule has 2 aromatic carbocycles. The predicted molar refractivity (Wildman–Crippen MR) is 381 cm³/mol. The molecule has 9 aromatic rings. The average molecular weight is 1500 g/mol. The summed E-state index contributed by atoms with van der Waals surface area (Å²) in [5.74, 6) is 2.46. The van der Waals surface area contributed by atoms with Crippen LogP contribution in [0.25, 0.3) is 44.2 Å². The Bertz CT molecular complexity index is 4650. The van der Waals surface area contributed by atoms with Crippen LogP contribution in [0.3, 0.4) is 0 Å². The summed E-state index contributed by atoms with van der Waals surface area (Å²) in [6, 6.07) is 33.2. The monoisotopic (exact) mass is 1500 g/mol. The molecule has 8 fully saturated rings. The fourth-order valence-corrected chi connectivity index (χ4v) is 14.3. The molecule has 37 heteroatoms. The molecule has 8 atom stereocenters. The number of pyridine rings is 4. The van der Waals surface area contributed by atoms with Crippen molar-refractivity contribution in [2.75, 3.05) is 32.7 Å². The summed E-state index contributed by atoms with van der Waals surface area (Å²) in [6.45, 7) is 4.98. The SMILES string of the molecule is C.C#Cc1cccnc1.O=C1N(O)[C@@H]2CC[C@@H](Cn3cc(-c4cccnc4)nn3)N1C2.O=C1N2C[C@@H](CC[C@H]2Cn2cc(-c3cccnc3)nn2)N1OCc1ccccc1.O=C1N2C[C@@H](CC[C@H]2Cn2cc(-c3cccnc3)nn2)N1OS(=O)(=O)[O-].[N-]=[N+]=NC[C@@H]1CC[C@@H]2CN1C(=O)N2OCc1ccccc1.[Na+]. The zero-order valence-corrected chi connectivity index (χ0v) is 61.2. The Morgan fingerprint density at radius 3 is 1.26 bits per heavy atom. The van der Waals surface area contributed by atoms with Gasteiger partial charge in [0.05, 0.1) is 80.5 Å². The Morgan fingerprint density at radius 2 is 0.880 bits per heavy atom. The van der Waals surface area contributed by atoms with Crippen molar-refractivity contribution < 1.29 is 80.9 Å². The van der Waals surface area contributed by atoms with Gasteiger partial charge in [0.15, 0.2) is 0 Å². The van der Waals surface area contributed by atoms with Crippen LogP contribution in [-0.2, 0) is 57.2 Å².